The number of hydrogen-bond donors (Lipinski definition) is 0. The molecule has 1 unspecified atom stereocenters. The number of alkyl halides is 3. The minimum absolute atomic E-state index is 0.257. The van der Waals surface area contributed by atoms with E-state index in [9.17, 15) is 18.0 Å². The van der Waals surface area contributed by atoms with Gasteiger partial charge in [0, 0.05) is 24.2 Å². The molecule has 19 heavy (non-hydrogen) atoms. The maximum absolute atomic E-state index is 12.6. The second-order valence-electron chi connectivity index (χ2n) is 4.07. The van der Waals surface area contributed by atoms with Crippen molar-refractivity contribution in [2.75, 3.05) is 0 Å². The quantitative estimate of drug-likeness (QED) is 0.839. The molecule has 0 saturated carbocycles. The van der Waals surface area contributed by atoms with Crippen molar-refractivity contribution >= 4 is 10.9 Å². The lowest BCUT2D eigenvalue weighted by atomic mass is 10.1. The third-order valence-electron chi connectivity index (χ3n) is 2.82. The lowest BCUT2D eigenvalue weighted by Gasteiger charge is -2.16. The summed E-state index contributed by atoms with van der Waals surface area (Å²) in [5, 5.41) is 8.94. The Balaban J connectivity index is 2.50. The van der Waals surface area contributed by atoms with Crippen LogP contribution in [0.5, 0.6) is 0 Å². The fourth-order valence-corrected chi connectivity index (χ4v) is 1.83. The number of nitriles is 1. The topological polar surface area (TPSA) is 45.8 Å². The fraction of sp³-hybridized carbons (Fsp3) is 0.231. The van der Waals surface area contributed by atoms with Gasteiger partial charge in [-0.3, -0.25) is 4.79 Å². The van der Waals surface area contributed by atoms with E-state index in [-0.39, 0.29) is 5.43 Å². The Morgan fingerprint density at radius 2 is 1.95 bits per heavy atom. The van der Waals surface area contributed by atoms with Crippen LogP contribution in [0.1, 0.15) is 0 Å². The van der Waals surface area contributed by atoms with Crippen LogP contribution in [-0.4, -0.2) is 10.7 Å². The van der Waals surface area contributed by atoms with Crippen molar-refractivity contribution in [3.8, 4) is 6.07 Å². The molecule has 6 heteroatoms. The van der Waals surface area contributed by atoms with Crippen molar-refractivity contribution < 1.29 is 13.2 Å². The molecule has 2 aromatic rings. The van der Waals surface area contributed by atoms with Crippen molar-refractivity contribution in [3.05, 3.63) is 46.8 Å². The van der Waals surface area contributed by atoms with Crippen LogP contribution in [0.3, 0.4) is 0 Å². The Hall–Kier alpha value is -2.29. The maximum Gasteiger partial charge on any atom is 0.406 e. The van der Waals surface area contributed by atoms with Crippen LogP contribution in [-0.2, 0) is 6.54 Å². The van der Waals surface area contributed by atoms with Gasteiger partial charge in [-0.05, 0) is 12.1 Å². The summed E-state index contributed by atoms with van der Waals surface area (Å²) in [4.78, 5) is 11.6. The number of para-hydroxylation sites is 1. The standard InChI is InChI=1S/C13H9F3N2O/c14-13(15,16)9(7-17)8-18-6-5-12(19)10-3-1-2-4-11(10)18/h1-6,9H,8H2. The molecule has 0 spiro atoms. The van der Waals surface area contributed by atoms with E-state index in [0.717, 1.165) is 0 Å². The number of halogens is 3. The van der Waals surface area contributed by atoms with Crippen molar-refractivity contribution in [3.63, 3.8) is 0 Å². The number of hydrogen-bond acceptors (Lipinski definition) is 2. The Bertz CT molecular complexity index is 697. The SMILES string of the molecule is N#CC(Cn1ccc(=O)c2ccccc21)C(F)(F)F. The molecule has 0 saturated heterocycles. The molecule has 98 valence electrons. The van der Waals surface area contributed by atoms with Gasteiger partial charge < -0.3 is 4.57 Å². The average Bonchev–Trinajstić information content (AvgIpc) is 2.37. The summed E-state index contributed by atoms with van der Waals surface area (Å²) in [6, 6.07) is 8.82. The lowest BCUT2D eigenvalue weighted by molar-refractivity contribution is -0.161. The zero-order valence-corrected chi connectivity index (χ0v) is 9.69. The van der Waals surface area contributed by atoms with Gasteiger partial charge in [-0.15, -0.1) is 0 Å². The van der Waals surface area contributed by atoms with Crippen LogP contribution < -0.4 is 5.43 Å². The number of pyridine rings is 1. The Morgan fingerprint density at radius 3 is 2.58 bits per heavy atom. The van der Waals surface area contributed by atoms with E-state index in [2.05, 4.69) is 0 Å². The highest BCUT2D eigenvalue weighted by Crippen LogP contribution is 2.27. The molecular weight excluding hydrogens is 257 g/mol. The van der Waals surface area contributed by atoms with E-state index in [1.807, 2.05) is 0 Å². The van der Waals surface area contributed by atoms with Gasteiger partial charge >= 0.3 is 6.18 Å². The first-order valence-corrected chi connectivity index (χ1v) is 5.48. The van der Waals surface area contributed by atoms with E-state index < -0.39 is 18.6 Å². The van der Waals surface area contributed by atoms with E-state index >= 15 is 0 Å². The van der Waals surface area contributed by atoms with Gasteiger partial charge in [0.05, 0.1) is 11.6 Å². The van der Waals surface area contributed by atoms with E-state index in [1.54, 1.807) is 24.3 Å². The molecule has 1 aromatic carbocycles. The minimum atomic E-state index is -4.58. The second-order valence-corrected chi connectivity index (χ2v) is 4.07. The summed E-state index contributed by atoms with van der Waals surface area (Å²) in [7, 11) is 0. The van der Waals surface area contributed by atoms with Crippen LogP contribution >= 0.6 is 0 Å². The molecule has 0 aliphatic heterocycles. The summed E-state index contributed by atoms with van der Waals surface area (Å²) < 4.78 is 39.0. The molecule has 3 nitrogen and oxygen atoms in total. The maximum atomic E-state index is 12.6. The summed E-state index contributed by atoms with van der Waals surface area (Å²) >= 11 is 0. The van der Waals surface area contributed by atoms with Gasteiger partial charge in [0.25, 0.3) is 0 Å². The monoisotopic (exact) mass is 266 g/mol. The van der Waals surface area contributed by atoms with E-state index in [0.29, 0.717) is 10.9 Å². The van der Waals surface area contributed by atoms with Crippen LogP contribution in [0.25, 0.3) is 10.9 Å². The molecule has 0 amide bonds. The molecule has 0 aliphatic carbocycles. The highest BCUT2D eigenvalue weighted by Gasteiger charge is 2.40. The van der Waals surface area contributed by atoms with Gasteiger partial charge in [-0.1, -0.05) is 12.1 Å². The predicted octanol–water partition coefficient (Wildman–Crippen LogP) is 2.70. The second kappa shape index (κ2) is 4.76. The first-order chi connectivity index (χ1) is 8.93. The summed E-state index contributed by atoms with van der Waals surface area (Å²) in [6.45, 7) is -0.527. The number of aromatic nitrogens is 1. The Morgan fingerprint density at radius 1 is 1.26 bits per heavy atom. The third-order valence-corrected chi connectivity index (χ3v) is 2.82. The van der Waals surface area contributed by atoms with Gasteiger partial charge in [0.2, 0.25) is 0 Å². The molecule has 0 aliphatic rings. The summed E-state index contributed by atoms with van der Waals surface area (Å²) in [5.41, 5.74) is 0.131. The zero-order valence-electron chi connectivity index (χ0n) is 9.69. The van der Waals surface area contributed by atoms with Crippen molar-refractivity contribution in [2.45, 2.75) is 12.7 Å². The number of benzene rings is 1. The largest absolute Gasteiger partial charge is 0.406 e. The highest BCUT2D eigenvalue weighted by molar-refractivity contribution is 5.78. The van der Waals surface area contributed by atoms with Crippen molar-refractivity contribution in [2.24, 2.45) is 5.92 Å². The van der Waals surface area contributed by atoms with Gasteiger partial charge in [-0.2, -0.15) is 18.4 Å². The van der Waals surface area contributed by atoms with Crippen LogP contribution in [0, 0.1) is 17.2 Å². The average molecular weight is 266 g/mol. The number of rotatable bonds is 2. The lowest BCUT2D eigenvalue weighted by Crippen LogP contribution is -2.26. The normalized spacial score (nSPS) is 13.2. The minimum Gasteiger partial charge on any atom is -0.346 e. The molecular formula is C13H9F3N2O. The van der Waals surface area contributed by atoms with Gasteiger partial charge in [0.1, 0.15) is 0 Å². The number of fused-ring (bicyclic) bond motifs is 1. The molecule has 1 heterocycles. The van der Waals surface area contributed by atoms with Gasteiger partial charge in [0.15, 0.2) is 11.3 Å². The molecule has 2 rings (SSSR count). The summed E-state index contributed by atoms with van der Waals surface area (Å²) in [5.74, 6) is -2.10. The summed E-state index contributed by atoms with van der Waals surface area (Å²) in [6.07, 6.45) is -3.31. The van der Waals surface area contributed by atoms with Crippen molar-refractivity contribution in [1.82, 2.24) is 4.57 Å². The molecule has 0 radical (unpaired) electrons. The van der Waals surface area contributed by atoms with Crippen LogP contribution in [0.2, 0.25) is 0 Å². The molecule has 0 fully saturated rings. The smallest absolute Gasteiger partial charge is 0.346 e. The zero-order chi connectivity index (χ0) is 14.0. The molecule has 0 bridgehead atoms. The Kier molecular flexibility index (Phi) is 3.30. The Labute approximate surface area is 106 Å². The highest BCUT2D eigenvalue weighted by atomic mass is 19.4. The third kappa shape index (κ3) is 2.60. The fourth-order valence-electron chi connectivity index (χ4n) is 1.83. The predicted molar refractivity (Wildman–Crippen MR) is 63.4 cm³/mol. The van der Waals surface area contributed by atoms with E-state index in [4.69, 9.17) is 5.26 Å². The molecule has 1 atom stereocenters. The molecule has 0 N–H and O–H groups in total. The van der Waals surface area contributed by atoms with Gasteiger partial charge in [-0.25, -0.2) is 0 Å². The first-order valence-electron chi connectivity index (χ1n) is 5.48. The van der Waals surface area contributed by atoms with Crippen molar-refractivity contribution in [1.29, 1.82) is 5.26 Å². The first kappa shape index (κ1) is 13.1. The number of nitrogens with zero attached hydrogens (tertiary/aromatic N) is 2. The molecule has 1 aromatic heterocycles. The van der Waals surface area contributed by atoms with Crippen LogP contribution in [0.4, 0.5) is 13.2 Å². The van der Waals surface area contributed by atoms with E-state index in [1.165, 1.54) is 22.9 Å². The van der Waals surface area contributed by atoms with Crippen LogP contribution in [0.15, 0.2) is 41.3 Å².